The molecule has 1 aliphatic heterocycles. The number of aromatic nitrogens is 2. The molecule has 184 valence electrons. The van der Waals surface area contributed by atoms with Crippen LogP contribution in [-0.4, -0.2) is 59.4 Å². The monoisotopic (exact) mass is 504 g/mol. The Labute approximate surface area is 201 Å². The molecule has 10 heteroatoms. The standard InChI is InChI=1S/C22H40N2O5S2Si/c1-14-12-24(20(26)23-18(14)25)17-11-15(29-22(5,6)19(30-7)31-8)16(28-17)13-27-32(9,10)21(2,3)4/h12,15-17,19H,11,13H2,1-10H3,(H,23,25,26)/t15-,16+,17+/m0/s1. The zero-order valence-corrected chi connectivity index (χ0v) is 23.7. The molecule has 0 bridgehead atoms. The number of nitrogens with one attached hydrogen (secondary N) is 1. The van der Waals surface area contributed by atoms with Crippen LogP contribution in [-0.2, 0) is 13.9 Å². The highest BCUT2D eigenvalue weighted by atomic mass is 32.2. The SMILES string of the molecule is CSC(SC)C(C)(C)O[C@H]1C[C@H](n2cc(C)c(=O)[nH]c2=O)O[C@@H]1CO[Si](C)(C)C(C)(C)C. The summed E-state index contributed by atoms with van der Waals surface area (Å²) in [6.45, 7) is 17.3. The number of aromatic amines is 1. The smallest absolute Gasteiger partial charge is 0.330 e. The second kappa shape index (κ2) is 10.4. The van der Waals surface area contributed by atoms with Crippen molar-refractivity contribution in [2.24, 2.45) is 0 Å². The van der Waals surface area contributed by atoms with Crippen LogP contribution in [0.4, 0.5) is 0 Å². The van der Waals surface area contributed by atoms with E-state index in [0.717, 1.165) is 0 Å². The van der Waals surface area contributed by atoms with E-state index in [2.05, 4.69) is 65.2 Å². The first-order valence-corrected chi connectivity index (χ1v) is 16.5. The first-order valence-electron chi connectivity index (χ1n) is 11.0. The highest BCUT2D eigenvalue weighted by Gasteiger charge is 2.45. The molecular formula is C22H40N2O5S2Si. The number of ether oxygens (including phenoxy) is 2. The lowest BCUT2D eigenvalue weighted by molar-refractivity contribution is -0.105. The number of thioether (sulfide) groups is 2. The number of H-pyrrole nitrogens is 1. The molecule has 2 rings (SSSR count). The summed E-state index contributed by atoms with van der Waals surface area (Å²) in [6, 6.07) is 0. The van der Waals surface area contributed by atoms with E-state index in [0.29, 0.717) is 18.6 Å². The van der Waals surface area contributed by atoms with E-state index < -0.39 is 25.8 Å². The molecule has 32 heavy (non-hydrogen) atoms. The van der Waals surface area contributed by atoms with Gasteiger partial charge in [-0.1, -0.05) is 20.8 Å². The molecule has 1 fully saturated rings. The predicted octanol–water partition coefficient (Wildman–Crippen LogP) is 4.37. The topological polar surface area (TPSA) is 82.6 Å². The molecule has 3 atom stereocenters. The molecular weight excluding hydrogens is 464 g/mol. The van der Waals surface area contributed by atoms with Crippen molar-refractivity contribution in [2.75, 3.05) is 19.1 Å². The summed E-state index contributed by atoms with van der Waals surface area (Å²) in [6.07, 6.45) is 5.18. The van der Waals surface area contributed by atoms with Crippen LogP contribution < -0.4 is 11.2 Å². The van der Waals surface area contributed by atoms with Gasteiger partial charge in [0.25, 0.3) is 5.56 Å². The largest absolute Gasteiger partial charge is 0.414 e. The normalized spacial score (nSPS) is 22.7. The number of aryl methyl sites for hydroxylation is 1. The molecule has 1 saturated heterocycles. The molecule has 2 heterocycles. The summed E-state index contributed by atoms with van der Waals surface area (Å²) < 4.78 is 21.2. The highest BCUT2D eigenvalue weighted by molar-refractivity contribution is 8.16. The fourth-order valence-electron chi connectivity index (χ4n) is 3.56. The van der Waals surface area contributed by atoms with Crippen molar-refractivity contribution in [3.63, 3.8) is 0 Å². The third kappa shape index (κ3) is 6.32. The van der Waals surface area contributed by atoms with Gasteiger partial charge < -0.3 is 13.9 Å². The first-order chi connectivity index (χ1) is 14.6. The Kier molecular flexibility index (Phi) is 9.00. The molecule has 1 aromatic heterocycles. The van der Waals surface area contributed by atoms with E-state index in [-0.39, 0.29) is 27.4 Å². The van der Waals surface area contributed by atoms with Crippen LogP contribution in [0.1, 0.15) is 52.8 Å². The van der Waals surface area contributed by atoms with E-state index >= 15 is 0 Å². The van der Waals surface area contributed by atoms with Crippen LogP contribution >= 0.6 is 23.5 Å². The number of rotatable bonds is 9. The molecule has 0 aromatic carbocycles. The minimum Gasteiger partial charge on any atom is -0.414 e. The molecule has 0 saturated carbocycles. The second-order valence-corrected chi connectivity index (χ2v) is 17.5. The fourth-order valence-corrected chi connectivity index (χ4v) is 6.59. The van der Waals surface area contributed by atoms with Gasteiger partial charge in [-0.15, -0.1) is 23.5 Å². The number of hydrogen-bond acceptors (Lipinski definition) is 7. The van der Waals surface area contributed by atoms with E-state index in [1.807, 2.05) is 0 Å². The van der Waals surface area contributed by atoms with Gasteiger partial charge >= 0.3 is 5.69 Å². The van der Waals surface area contributed by atoms with Crippen molar-refractivity contribution in [3.05, 3.63) is 32.6 Å². The Morgan fingerprint density at radius 1 is 1.22 bits per heavy atom. The minimum absolute atomic E-state index is 0.0798. The number of nitrogens with zero attached hydrogens (tertiary/aromatic N) is 1. The third-order valence-corrected chi connectivity index (χ3v) is 14.1. The number of hydrogen-bond donors (Lipinski definition) is 1. The van der Waals surface area contributed by atoms with Crippen LogP contribution in [0.25, 0.3) is 0 Å². The maximum atomic E-state index is 12.5. The summed E-state index contributed by atoms with van der Waals surface area (Å²) in [5, 5.41) is 0.0798. The molecule has 0 spiro atoms. The minimum atomic E-state index is -1.98. The van der Waals surface area contributed by atoms with Crippen molar-refractivity contribution in [1.82, 2.24) is 9.55 Å². The van der Waals surface area contributed by atoms with Crippen LogP contribution in [0.3, 0.4) is 0 Å². The average Bonchev–Trinajstić information content (AvgIpc) is 3.04. The molecule has 0 amide bonds. The fraction of sp³-hybridized carbons (Fsp3) is 0.818. The molecule has 1 aromatic rings. The lowest BCUT2D eigenvalue weighted by atomic mass is 10.1. The van der Waals surface area contributed by atoms with Crippen molar-refractivity contribution in [3.8, 4) is 0 Å². The zero-order chi connectivity index (χ0) is 24.5. The van der Waals surface area contributed by atoms with Gasteiger partial charge in [-0.2, -0.15) is 0 Å². The quantitative estimate of drug-likeness (QED) is 0.395. The van der Waals surface area contributed by atoms with Gasteiger partial charge in [0.05, 0.1) is 22.9 Å². The van der Waals surface area contributed by atoms with Crippen molar-refractivity contribution in [2.45, 2.75) is 94.7 Å². The average molecular weight is 505 g/mol. The van der Waals surface area contributed by atoms with Gasteiger partial charge in [0.15, 0.2) is 8.32 Å². The Hall–Kier alpha value is -0.523. The van der Waals surface area contributed by atoms with Gasteiger partial charge in [0, 0.05) is 18.2 Å². The highest BCUT2D eigenvalue weighted by Crippen LogP contribution is 2.40. The van der Waals surface area contributed by atoms with Crippen molar-refractivity contribution in [1.29, 1.82) is 0 Å². The van der Waals surface area contributed by atoms with E-state index in [9.17, 15) is 9.59 Å². The molecule has 7 nitrogen and oxygen atoms in total. The van der Waals surface area contributed by atoms with Crippen LogP contribution in [0.2, 0.25) is 18.1 Å². The van der Waals surface area contributed by atoms with E-state index in [1.54, 1.807) is 36.6 Å². The first kappa shape index (κ1) is 27.7. The third-order valence-electron chi connectivity index (χ3n) is 6.50. The van der Waals surface area contributed by atoms with Crippen LogP contribution in [0, 0.1) is 6.92 Å². The lowest BCUT2D eigenvalue weighted by Gasteiger charge is -2.39. The van der Waals surface area contributed by atoms with Gasteiger partial charge in [-0.25, -0.2) is 4.79 Å². The maximum Gasteiger partial charge on any atom is 0.330 e. The Morgan fingerprint density at radius 3 is 2.34 bits per heavy atom. The molecule has 0 radical (unpaired) electrons. The summed E-state index contributed by atoms with van der Waals surface area (Å²) in [5.74, 6) is 0. The summed E-state index contributed by atoms with van der Waals surface area (Å²) >= 11 is 3.53. The summed E-state index contributed by atoms with van der Waals surface area (Å²) in [4.78, 5) is 26.7. The van der Waals surface area contributed by atoms with Gasteiger partial charge in [0.1, 0.15) is 12.3 Å². The van der Waals surface area contributed by atoms with Gasteiger partial charge in [-0.3, -0.25) is 14.3 Å². The summed E-state index contributed by atoms with van der Waals surface area (Å²) in [5.41, 5.74) is -0.778. The maximum absolute atomic E-state index is 12.5. The molecule has 0 aliphatic carbocycles. The lowest BCUT2D eigenvalue weighted by Crippen LogP contribution is -2.46. The van der Waals surface area contributed by atoms with E-state index in [4.69, 9.17) is 13.9 Å². The Morgan fingerprint density at radius 2 is 1.81 bits per heavy atom. The molecule has 1 N–H and O–H groups in total. The molecule has 1 aliphatic rings. The second-order valence-electron chi connectivity index (χ2n) is 10.5. The summed E-state index contributed by atoms with van der Waals surface area (Å²) in [7, 11) is -1.98. The Bertz CT molecular complexity index is 890. The van der Waals surface area contributed by atoms with Crippen LogP contribution in [0.15, 0.2) is 15.8 Å². The van der Waals surface area contributed by atoms with Crippen LogP contribution in [0.5, 0.6) is 0 Å². The van der Waals surface area contributed by atoms with Gasteiger partial charge in [-0.05, 0) is 51.4 Å². The molecule has 0 unspecified atom stereocenters. The predicted molar refractivity (Wildman–Crippen MR) is 138 cm³/mol. The Balaban J connectivity index is 2.31. The van der Waals surface area contributed by atoms with Gasteiger partial charge in [0.2, 0.25) is 0 Å². The van der Waals surface area contributed by atoms with Crippen molar-refractivity contribution < 1.29 is 13.9 Å². The van der Waals surface area contributed by atoms with E-state index in [1.165, 1.54) is 4.57 Å². The van der Waals surface area contributed by atoms with Crippen molar-refractivity contribution >= 4 is 31.8 Å². The zero-order valence-electron chi connectivity index (χ0n) is 21.1.